The first-order valence-corrected chi connectivity index (χ1v) is 7.19. The highest BCUT2D eigenvalue weighted by atomic mass is 15.2. The molecule has 20 heavy (non-hydrogen) atoms. The van der Waals surface area contributed by atoms with Gasteiger partial charge >= 0.3 is 0 Å². The molecule has 4 heteroatoms. The van der Waals surface area contributed by atoms with Gasteiger partial charge in [0.25, 0.3) is 0 Å². The Balaban J connectivity index is 1.85. The molecule has 0 radical (unpaired) electrons. The zero-order valence-corrected chi connectivity index (χ0v) is 11.8. The fourth-order valence-corrected chi connectivity index (χ4v) is 3.03. The van der Waals surface area contributed by atoms with Crippen LogP contribution in [0.3, 0.4) is 0 Å². The maximum absolute atomic E-state index is 9.43. The fraction of sp³-hybridized carbons (Fsp3) is 0.438. The van der Waals surface area contributed by atoms with Crippen LogP contribution in [0.25, 0.3) is 5.52 Å². The van der Waals surface area contributed by atoms with Gasteiger partial charge in [-0.3, -0.25) is 4.90 Å². The number of piperidine rings is 1. The van der Waals surface area contributed by atoms with Crippen molar-refractivity contribution in [1.29, 1.82) is 5.26 Å². The predicted molar refractivity (Wildman–Crippen MR) is 79.5 cm³/mol. The van der Waals surface area contributed by atoms with Gasteiger partial charge in [0.1, 0.15) is 6.07 Å². The highest BCUT2D eigenvalue weighted by Crippen LogP contribution is 2.20. The van der Waals surface area contributed by atoms with Gasteiger partial charge in [-0.2, -0.15) is 5.26 Å². The summed E-state index contributed by atoms with van der Waals surface area (Å²) in [5, 5.41) is 12.9. The van der Waals surface area contributed by atoms with Crippen LogP contribution in [-0.2, 0) is 6.54 Å². The molecule has 2 aromatic rings. The number of aromatic nitrogens is 1. The Bertz CT molecular complexity index is 631. The first kappa shape index (κ1) is 13.2. The molecule has 104 valence electrons. The molecular weight excluding hydrogens is 248 g/mol. The fourth-order valence-electron chi connectivity index (χ4n) is 3.03. The summed E-state index contributed by atoms with van der Waals surface area (Å²) >= 11 is 0. The molecule has 1 aliphatic heterocycles. The van der Waals surface area contributed by atoms with Gasteiger partial charge < -0.3 is 9.72 Å². The zero-order valence-electron chi connectivity index (χ0n) is 11.8. The second-order valence-corrected chi connectivity index (χ2v) is 5.55. The van der Waals surface area contributed by atoms with Gasteiger partial charge in [-0.1, -0.05) is 6.07 Å². The minimum atomic E-state index is 0.568. The monoisotopic (exact) mass is 268 g/mol. The van der Waals surface area contributed by atoms with Gasteiger partial charge in [-0.25, -0.2) is 0 Å². The average molecular weight is 268 g/mol. The van der Waals surface area contributed by atoms with Crippen molar-refractivity contribution in [3.63, 3.8) is 0 Å². The van der Waals surface area contributed by atoms with Crippen molar-refractivity contribution in [2.75, 3.05) is 20.1 Å². The van der Waals surface area contributed by atoms with Crippen molar-refractivity contribution in [1.82, 2.24) is 14.6 Å². The molecule has 1 fully saturated rings. The molecule has 1 atom stereocenters. The van der Waals surface area contributed by atoms with Crippen LogP contribution in [0.15, 0.2) is 30.6 Å². The molecule has 3 rings (SSSR count). The molecule has 1 aliphatic rings. The normalized spacial score (nSPS) is 19.4. The molecule has 1 unspecified atom stereocenters. The lowest BCUT2D eigenvalue weighted by molar-refractivity contribution is 0.196. The summed E-state index contributed by atoms with van der Waals surface area (Å²) in [6, 6.07) is 8.91. The Kier molecular flexibility index (Phi) is 3.72. The Morgan fingerprint density at radius 3 is 3.15 bits per heavy atom. The third-order valence-electron chi connectivity index (χ3n) is 4.19. The van der Waals surface area contributed by atoms with Crippen LogP contribution >= 0.6 is 0 Å². The lowest BCUT2D eigenvalue weighted by Crippen LogP contribution is -2.43. The summed E-state index contributed by atoms with van der Waals surface area (Å²) < 4.78 is 2.04. The van der Waals surface area contributed by atoms with E-state index in [1.807, 2.05) is 28.8 Å². The smallest absolute Gasteiger partial charge is 0.102 e. The van der Waals surface area contributed by atoms with E-state index in [1.165, 1.54) is 12.8 Å². The van der Waals surface area contributed by atoms with E-state index in [9.17, 15) is 5.26 Å². The minimum absolute atomic E-state index is 0.568. The molecule has 0 aromatic carbocycles. The summed E-state index contributed by atoms with van der Waals surface area (Å²) in [5.74, 6) is 0. The molecule has 3 heterocycles. The van der Waals surface area contributed by atoms with Crippen molar-refractivity contribution in [2.24, 2.45) is 0 Å². The predicted octanol–water partition coefficient (Wildman–Crippen LogP) is 1.99. The number of nitrogens with one attached hydrogen (secondary N) is 1. The third kappa shape index (κ3) is 2.43. The van der Waals surface area contributed by atoms with Crippen LogP contribution in [0.5, 0.6) is 0 Å². The topological polar surface area (TPSA) is 43.5 Å². The summed E-state index contributed by atoms with van der Waals surface area (Å²) in [7, 11) is 2.15. The van der Waals surface area contributed by atoms with Crippen LogP contribution in [0.1, 0.15) is 24.0 Å². The number of pyridine rings is 1. The van der Waals surface area contributed by atoms with E-state index < -0.39 is 0 Å². The molecule has 4 nitrogen and oxygen atoms in total. The van der Waals surface area contributed by atoms with Crippen LogP contribution < -0.4 is 5.32 Å². The minimum Gasteiger partial charge on any atom is -0.322 e. The van der Waals surface area contributed by atoms with E-state index in [0.717, 1.165) is 36.3 Å². The molecule has 0 aliphatic carbocycles. The van der Waals surface area contributed by atoms with Gasteiger partial charge in [-0.15, -0.1) is 0 Å². The maximum atomic E-state index is 9.43. The van der Waals surface area contributed by atoms with Crippen molar-refractivity contribution < 1.29 is 0 Å². The van der Waals surface area contributed by atoms with Gasteiger partial charge in [0, 0.05) is 37.1 Å². The third-order valence-corrected chi connectivity index (χ3v) is 4.19. The van der Waals surface area contributed by atoms with Gasteiger partial charge in [-0.05, 0) is 38.6 Å². The van der Waals surface area contributed by atoms with Crippen molar-refractivity contribution >= 4 is 5.52 Å². The number of hydrogen-bond donors (Lipinski definition) is 1. The summed E-state index contributed by atoms with van der Waals surface area (Å²) in [6.07, 6.45) is 6.55. The molecular formula is C16H20N4. The van der Waals surface area contributed by atoms with Crippen LogP contribution in [0, 0.1) is 11.3 Å². The second-order valence-electron chi connectivity index (χ2n) is 5.55. The number of hydrogen-bond acceptors (Lipinski definition) is 3. The molecule has 0 saturated carbocycles. The summed E-state index contributed by atoms with van der Waals surface area (Å²) in [6.45, 7) is 3.01. The van der Waals surface area contributed by atoms with Crippen molar-refractivity contribution in [2.45, 2.75) is 25.4 Å². The van der Waals surface area contributed by atoms with E-state index in [2.05, 4.69) is 29.5 Å². The molecule has 2 aromatic heterocycles. The highest BCUT2D eigenvalue weighted by Gasteiger charge is 2.19. The van der Waals surface area contributed by atoms with Crippen LogP contribution in [0.4, 0.5) is 0 Å². The van der Waals surface area contributed by atoms with Gasteiger partial charge in [0.05, 0.1) is 11.1 Å². The standard InChI is InChI=1S/C16H20N4/c1-19(14-5-4-7-18-10-14)11-13-12-20-8-3-2-6-16(20)15(13)9-17/h2-3,6,8,12,14,18H,4-5,7,10-11H2,1H3. The Morgan fingerprint density at radius 2 is 2.40 bits per heavy atom. The lowest BCUT2D eigenvalue weighted by Gasteiger charge is -2.31. The number of nitriles is 1. The maximum Gasteiger partial charge on any atom is 0.102 e. The Morgan fingerprint density at radius 1 is 1.50 bits per heavy atom. The number of rotatable bonds is 3. The first-order valence-electron chi connectivity index (χ1n) is 7.19. The number of likely N-dealkylation sites (N-methyl/N-ethyl adjacent to an activating group) is 1. The summed E-state index contributed by atoms with van der Waals surface area (Å²) in [5.41, 5.74) is 2.92. The molecule has 0 spiro atoms. The SMILES string of the molecule is CN(Cc1cn2ccccc2c1C#N)C1CCCNC1. The Hall–Kier alpha value is -1.83. The average Bonchev–Trinajstić information content (AvgIpc) is 2.85. The largest absolute Gasteiger partial charge is 0.322 e. The van der Waals surface area contributed by atoms with E-state index in [0.29, 0.717) is 6.04 Å². The van der Waals surface area contributed by atoms with Crippen LogP contribution in [0.2, 0.25) is 0 Å². The second kappa shape index (κ2) is 5.66. The molecule has 0 amide bonds. The van der Waals surface area contributed by atoms with E-state index in [4.69, 9.17) is 0 Å². The van der Waals surface area contributed by atoms with Crippen LogP contribution in [-0.4, -0.2) is 35.5 Å². The molecule has 1 saturated heterocycles. The zero-order chi connectivity index (χ0) is 13.9. The summed E-state index contributed by atoms with van der Waals surface area (Å²) in [4.78, 5) is 2.36. The van der Waals surface area contributed by atoms with E-state index in [1.54, 1.807) is 0 Å². The highest BCUT2D eigenvalue weighted by molar-refractivity contribution is 5.65. The van der Waals surface area contributed by atoms with Gasteiger partial charge in [0.15, 0.2) is 0 Å². The number of nitrogens with zero attached hydrogens (tertiary/aromatic N) is 3. The Labute approximate surface area is 119 Å². The lowest BCUT2D eigenvalue weighted by atomic mass is 10.1. The first-order chi connectivity index (χ1) is 9.79. The van der Waals surface area contributed by atoms with E-state index in [-0.39, 0.29) is 0 Å². The quantitative estimate of drug-likeness (QED) is 0.926. The molecule has 0 bridgehead atoms. The molecule has 1 N–H and O–H groups in total. The number of fused-ring (bicyclic) bond motifs is 1. The van der Waals surface area contributed by atoms with Crippen molar-refractivity contribution in [3.8, 4) is 6.07 Å². The van der Waals surface area contributed by atoms with Gasteiger partial charge in [0.2, 0.25) is 0 Å². The van der Waals surface area contributed by atoms with Crippen molar-refractivity contribution in [3.05, 3.63) is 41.7 Å². The van der Waals surface area contributed by atoms with E-state index >= 15 is 0 Å².